The molecule has 4 nitrogen and oxygen atoms in total. The average Bonchev–Trinajstić information content (AvgIpc) is 2.78. The van der Waals surface area contributed by atoms with Gasteiger partial charge < -0.3 is 15.3 Å². The van der Waals surface area contributed by atoms with Crippen molar-refractivity contribution in [3.8, 4) is 0 Å². The lowest BCUT2D eigenvalue weighted by molar-refractivity contribution is 0.120. The lowest BCUT2D eigenvalue weighted by Crippen LogP contribution is -2.19. The summed E-state index contributed by atoms with van der Waals surface area (Å²) in [6, 6.07) is 7.18. The molecule has 2 aromatic heterocycles. The Labute approximate surface area is 108 Å². The molecule has 0 bridgehead atoms. The van der Waals surface area contributed by atoms with E-state index in [1.165, 1.54) is 0 Å². The van der Waals surface area contributed by atoms with Gasteiger partial charge in [0, 0.05) is 24.9 Å². The predicted molar refractivity (Wildman–Crippen MR) is 67.4 cm³/mol. The highest BCUT2D eigenvalue weighted by Crippen LogP contribution is 2.31. The molecule has 0 spiro atoms. The number of halogens is 1. The van der Waals surface area contributed by atoms with Crippen molar-refractivity contribution in [3.05, 3.63) is 52.7 Å². The van der Waals surface area contributed by atoms with Gasteiger partial charge in [-0.05, 0) is 45.8 Å². The maximum absolute atomic E-state index is 10.2. The normalized spacial score (nSPS) is 14.5. The van der Waals surface area contributed by atoms with Crippen LogP contribution in [0, 0.1) is 0 Å². The summed E-state index contributed by atoms with van der Waals surface area (Å²) in [7, 11) is 0. The Morgan fingerprint density at radius 1 is 1.29 bits per heavy atom. The van der Waals surface area contributed by atoms with Crippen molar-refractivity contribution in [2.45, 2.75) is 12.0 Å². The molecule has 0 aromatic carbocycles. The van der Waals surface area contributed by atoms with E-state index in [4.69, 9.17) is 10.2 Å². The van der Waals surface area contributed by atoms with E-state index in [9.17, 15) is 5.11 Å². The number of aromatic nitrogens is 1. The fourth-order valence-electron chi connectivity index (χ4n) is 1.74. The summed E-state index contributed by atoms with van der Waals surface area (Å²) in [6.45, 7) is 0.337. The SMILES string of the molecule is NCC(c1ccncc1)C(O)c1ccc(Br)o1. The summed E-state index contributed by atoms with van der Waals surface area (Å²) in [5.74, 6) is 0.306. The summed E-state index contributed by atoms with van der Waals surface area (Å²) in [6.07, 6.45) is 2.61. The van der Waals surface area contributed by atoms with Gasteiger partial charge in [0.15, 0.2) is 4.67 Å². The standard InChI is InChI=1S/C12H13BrN2O2/c13-11-2-1-10(17-11)12(16)9(7-14)8-3-5-15-6-4-8/h1-6,9,12,16H,7,14H2. The second-order valence-corrected chi connectivity index (χ2v) is 4.49. The lowest BCUT2D eigenvalue weighted by Gasteiger charge is -2.19. The van der Waals surface area contributed by atoms with Crippen molar-refractivity contribution < 1.29 is 9.52 Å². The van der Waals surface area contributed by atoms with Crippen LogP contribution in [0.15, 0.2) is 45.7 Å². The minimum Gasteiger partial charge on any atom is -0.452 e. The maximum Gasteiger partial charge on any atom is 0.169 e. The van der Waals surface area contributed by atoms with E-state index in [0.717, 1.165) is 5.56 Å². The Bertz CT molecular complexity index is 472. The Hall–Kier alpha value is -1.17. The lowest BCUT2D eigenvalue weighted by atomic mass is 9.93. The summed E-state index contributed by atoms with van der Waals surface area (Å²) < 4.78 is 5.94. The summed E-state index contributed by atoms with van der Waals surface area (Å²) in [5, 5.41) is 10.2. The number of aliphatic hydroxyl groups is 1. The monoisotopic (exact) mass is 296 g/mol. The smallest absolute Gasteiger partial charge is 0.169 e. The molecule has 0 aliphatic heterocycles. The van der Waals surface area contributed by atoms with Gasteiger partial charge in [-0.2, -0.15) is 0 Å². The molecule has 5 heteroatoms. The van der Waals surface area contributed by atoms with Gasteiger partial charge in [0.2, 0.25) is 0 Å². The van der Waals surface area contributed by atoms with Crippen molar-refractivity contribution in [2.24, 2.45) is 5.73 Å². The number of rotatable bonds is 4. The highest BCUT2D eigenvalue weighted by Gasteiger charge is 2.24. The van der Waals surface area contributed by atoms with Gasteiger partial charge in [0.25, 0.3) is 0 Å². The molecule has 3 N–H and O–H groups in total. The third-order valence-corrected chi connectivity index (χ3v) is 3.08. The highest BCUT2D eigenvalue weighted by molar-refractivity contribution is 9.10. The third-order valence-electron chi connectivity index (χ3n) is 2.65. The van der Waals surface area contributed by atoms with Gasteiger partial charge in [-0.25, -0.2) is 0 Å². The van der Waals surface area contributed by atoms with Crippen LogP contribution in [0.1, 0.15) is 23.3 Å². The minimum absolute atomic E-state index is 0.198. The molecule has 17 heavy (non-hydrogen) atoms. The van der Waals surface area contributed by atoms with Crippen molar-refractivity contribution in [2.75, 3.05) is 6.54 Å². The number of aliphatic hydroxyl groups excluding tert-OH is 1. The molecule has 0 amide bonds. The molecule has 0 aliphatic rings. The Balaban J connectivity index is 2.25. The van der Waals surface area contributed by atoms with Crippen LogP contribution in [0.2, 0.25) is 0 Å². The van der Waals surface area contributed by atoms with Gasteiger partial charge in [0.05, 0.1) is 0 Å². The molecule has 2 heterocycles. The van der Waals surface area contributed by atoms with E-state index in [0.29, 0.717) is 17.0 Å². The number of pyridine rings is 1. The Morgan fingerprint density at radius 3 is 2.53 bits per heavy atom. The topological polar surface area (TPSA) is 72.3 Å². The molecule has 0 saturated heterocycles. The molecule has 2 rings (SSSR count). The van der Waals surface area contributed by atoms with E-state index in [1.807, 2.05) is 12.1 Å². The van der Waals surface area contributed by atoms with Crippen LogP contribution >= 0.6 is 15.9 Å². The molecule has 90 valence electrons. The van der Waals surface area contributed by atoms with Crippen molar-refractivity contribution in [1.82, 2.24) is 4.98 Å². The largest absolute Gasteiger partial charge is 0.452 e. The van der Waals surface area contributed by atoms with E-state index in [-0.39, 0.29) is 5.92 Å². The first kappa shape index (κ1) is 12.3. The Kier molecular flexibility index (Phi) is 3.93. The second-order valence-electron chi connectivity index (χ2n) is 3.71. The first-order valence-electron chi connectivity index (χ1n) is 5.25. The highest BCUT2D eigenvalue weighted by atomic mass is 79.9. The number of nitrogens with two attached hydrogens (primary N) is 1. The number of hydrogen-bond donors (Lipinski definition) is 2. The molecule has 2 aromatic rings. The predicted octanol–water partition coefficient (Wildman–Crippen LogP) is 2.21. The van der Waals surface area contributed by atoms with Crippen LogP contribution in [0.3, 0.4) is 0 Å². The molecular weight excluding hydrogens is 284 g/mol. The fraction of sp³-hybridized carbons (Fsp3) is 0.250. The number of hydrogen-bond acceptors (Lipinski definition) is 4. The molecule has 0 aliphatic carbocycles. The zero-order valence-corrected chi connectivity index (χ0v) is 10.7. The molecule has 2 atom stereocenters. The van der Waals surface area contributed by atoms with Crippen LogP contribution in [0.5, 0.6) is 0 Å². The zero-order valence-electron chi connectivity index (χ0n) is 9.08. The van der Waals surface area contributed by atoms with E-state index in [1.54, 1.807) is 24.5 Å². The third kappa shape index (κ3) is 2.74. The van der Waals surface area contributed by atoms with E-state index >= 15 is 0 Å². The van der Waals surface area contributed by atoms with Gasteiger partial charge in [-0.15, -0.1) is 0 Å². The van der Waals surface area contributed by atoms with E-state index in [2.05, 4.69) is 20.9 Å². The molecule has 0 fully saturated rings. The van der Waals surface area contributed by atoms with Gasteiger partial charge in [-0.1, -0.05) is 0 Å². The molecule has 2 unspecified atom stereocenters. The fourth-order valence-corrected chi connectivity index (χ4v) is 2.06. The Morgan fingerprint density at radius 2 is 2.00 bits per heavy atom. The second kappa shape index (κ2) is 5.44. The van der Waals surface area contributed by atoms with Gasteiger partial charge >= 0.3 is 0 Å². The molecule has 0 radical (unpaired) electrons. The number of furan rings is 1. The van der Waals surface area contributed by atoms with Crippen LogP contribution in [-0.4, -0.2) is 16.6 Å². The van der Waals surface area contributed by atoms with Gasteiger partial charge in [0.1, 0.15) is 11.9 Å². The summed E-state index contributed by atoms with van der Waals surface area (Å²) in [5.41, 5.74) is 6.66. The summed E-state index contributed by atoms with van der Waals surface area (Å²) >= 11 is 3.21. The summed E-state index contributed by atoms with van der Waals surface area (Å²) in [4.78, 5) is 3.94. The van der Waals surface area contributed by atoms with E-state index < -0.39 is 6.10 Å². The first-order valence-corrected chi connectivity index (χ1v) is 6.05. The van der Waals surface area contributed by atoms with Crippen molar-refractivity contribution >= 4 is 15.9 Å². The molecular formula is C12H13BrN2O2. The van der Waals surface area contributed by atoms with Crippen LogP contribution in [0.25, 0.3) is 0 Å². The first-order chi connectivity index (χ1) is 8.22. The zero-order chi connectivity index (χ0) is 12.3. The van der Waals surface area contributed by atoms with Crippen molar-refractivity contribution in [1.29, 1.82) is 0 Å². The van der Waals surface area contributed by atoms with Crippen LogP contribution in [-0.2, 0) is 0 Å². The van der Waals surface area contributed by atoms with Crippen LogP contribution in [0.4, 0.5) is 0 Å². The minimum atomic E-state index is -0.756. The van der Waals surface area contributed by atoms with Crippen molar-refractivity contribution in [3.63, 3.8) is 0 Å². The quantitative estimate of drug-likeness (QED) is 0.907. The molecule has 0 saturated carbocycles. The number of nitrogens with zero attached hydrogens (tertiary/aromatic N) is 1. The average molecular weight is 297 g/mol. The van der Waals surface area contributed by atoms with Gasteiger partial charge in [-0.3, -0.25) is 4.98 Å². The van der Waals surface area contributed by atoms with Crippen LogP contribution < -0.4 is 5.73 Å². The maximum atomic E-state index is 10.2.